The second-order valence-electron chi connectivity index (χ2n) is 22.2. The standard InChI is InChI=1S/C56H73N4O22S2.4Na.O3S/c1-3-32-24-35(39(62)20-11-10-18-36-28-60(59-58-36)22-21-44(63)57-38-19-12-17-34-25-37(83(71,72)73)27-43(45(34)38)84(74,75)76)26-40(50(32)82-55-49(67)48(66)46(64)30(2)77-55)79-56-52(81-54(70)33-15-8-5-9-16-33)51(47(65)42(29-61)80-56)78-41(53(68)69)23-31-13-6-4-7-14-31;;;;;1-4(2)3/h5,8-9,15-17,19,25,27-28,30-32,35,40-42,46-52,55-56,61,64-67H,3-4,6-7,10-11,13-14,18,20-24,26,29H2,1-2H3,(H,57,63)(H,68,69)(H,71,72,73)(H,74,75,76);;;;;/q-1;4*+1;/p-3/t30?,32?,35?,40?,41-,42?,46?,47?,48?,49?,50?,51?,52?,55?,56?;;;;;/m0...../s1. The van der Waals surface area contributed by atoms with Gasteiger partial charge in [0.15, 0.2) is 18.7 Å². The first-order valence-electron chi connectivity index (χ1n) is 28.6. The number of aromatic nitrogens is 3. The smallest absolute Gasteiger partial charge is 0.744 e. The molecule has 0 bridgehead atoms. The number of hydrogen-bond acceptors (Lipinski definition) is 27. The summed E-state index contributed by atoms with van der Waals surface area (Å²) in [5.41, 5.74) is 0.435. The number of carboxylic acids is 1. The molecule has 3 heterocycles. The maximum absolute atomic E-state index is 14.3. The number of aliphatic hydroxyl groups excluding tert-OH is 5. The number of nitrogens with one attached hydrogen (secondary N) is 1. The SMILES string of the molecule is CCC1CC(C(=O)CCCCc2cn(CCC(=O)Nc3c[c-]cc4cc(S(=O)(=O)[O-])cc(S(=O)(=O)[O-])c34)nn2)CC(OC2OC(CO)C(O)C(O[C@@H](CC3CCCCC3)C(=O)[O-])C2OC(=O)c2ccccc2)C1OC1OC(C)C(O)C(O)C1O.O=S(=O)=O.[Na+].[Na+].[Na+].[Na+]. The van der Waals surface area contributed by atoms with Gasteiger partial charge >= 0.3 is 135 Å². The summed E-state index contributed by atoms with van der Waals surface area (Å²) in [6.45, 7) is 2.50. The van der Waals surface area contributed by atoms with Gasteiger partial charge in [0, 0.05) is 34.7 Å². The molecule has 2 saturated carbocycles. The van der Waals surface area contributed by atoms with Crippen LogP contribution in [0.1, 0.15) is 113 Å². The third kappa shape index (κ3) is 23.4. The molecule has 92 heavy (non-hydrogen) atoms. The molecule has 486 valence electrons. The van der Waals surface area contributed by atoms with Gasteiger partial charge in [-0.1, -0.05) is 86.0 Å². The molecular weight excluding hydrogens is 1320 g/mol. The number of aliphatic hydroxyl groups is 5. The monoisotopic (exact) mass is 1390 g/mol. The van der Waals surface area contributed by atoms with Crippen molar-refractivity contribution in [1.82, 2.24) is 15.0 Å². The van der Waals surface area contributed by atoms with Crippen molar-refractivity contribution in [3.8, 4) is 0 Å². The Labute approximate surface area is 621 Å². The topological polar surface area (TPSA) is 456 Å². The Hall–Kier alpha value is -1.82. The molecule has 1 amide bonds. The first-order chi connectivity index (χ1) is 41.7. The Kier molecular flexibility index (Phi) is 35.9. The molecule has 4 fully saturated rings. The van der Waals surface area contributed by atoms with Gasteiger partial charge in [-0.3, -0.25) is 14.3 Å². The summed E-state index contributed by atoms with van der Waals surface area (Å²) < 4.78 is 136. The number of ketones is 1. The summed E-state index contributed by atoms with van der Waals surface area (Å²) in [4.78, 5) is 52.2. The maximum Gasteiger partial charge on any atom is 1.00 e. The first-order valence-corrected chi connectivity index (χ1v) is 32.4. The van der Waals surface area contributed by atoms with E-state index in [1.165, 1.54) is 29.8 Å². The third-order valence-electron chi connectivity index (χ3n) is 16.2. The van der Waals surface area contributed by atoms with Crippen LogP contribution in [0.2, 0.25) is 0 Å². The van der Waals surface area contributed by atoms with Gasteiger partial charge in [0.25, 0.3) is 0 Å². The second-order valence-corrected chi connectivity index (χ2v) is 25.3. The summed E-state index contributed by atoms with van der Waals surface area (Å²) in [5, 5.41) is 77.9. The number of esters is 1. The van der Waals surface area contributed by atoms with Gasteiger partial charge in [-0.25, -0.2) is 21.6 Å². The molecule has 2 aliphatic carbocycles. The predicted octanol–water partition coefficient (Wildman–Crippen LogP) is -11.8. The molecular formula is C56H70N4Na4O25S3. The number of unbranched alkanes of at least 4 members (excludes halogenated alkanes) is 1. The van der Waals surface area contributed by atoms with E-state index >= 15 is 0 Å². The Morgan fingerprint density at radius 2 is 1.50 bits per heavy atom. The van der Waals surface area contributed by atoms with Crippen LogP contribution in [0.25, 0.3) is 10.8 Å². The molecule has 8 rings (SSSR count). The van der Waals surface area contributed by atoms with Gasteiger partial charge in [-0.15, -0.1) is 23.1 Å². The minimum Gasteiger partial charge on any atom is -0.744 e. The van der Waals surface area contributed by atoms with Crippen molar-refractivity contribution in [2.75, 3.05) is 11.9 Å². The van der Waals surface area contributed by atoms with Gasteiger partial charge in [0.2, 0.25) is 5.91 Å². The van der Waals surface area contributed by atoms with E-state index in [9.17, 15) is 75.8 Å². The van der Waals surface area contributed by atoms with E-state index < -0.39 is 157 Å². The van der Waals surface area contributed by atoms with Crippen LogP contribution >= 0.6 is 0 Å². The Morgan fingerprint density at radius 3 is 2.12 bits per heavy atom. The number of amides is 1. The zero-order chi connectivity index (χ0) is 64.2. The number of aryl methyl sites for hydroxylation is 2. The van der Waals surface area contributed by atoms with E-state index in [1.54, 1.807) is 24.4 Å². The first kappa shape index (κ1) is 84.4. The van der Waals surface area contributed by atoms with Gasteiger partial charge in [-0.2, -0.15) is 18.2 Å². The van der Waals surface area contributed by atoms with E-state index in [-0.39, 0.29) is 191 Å². The van der Waals surface area contributed by atoms with Crippen molar-refractivity contribution in [3.05, 3.63) is 78.1 Å². The number of nitrogens with zero attached hydrogens (tertiary/aromatic N) is 3. The van der Waals surface area contributed by atoms with Crippen molar-refractivity contribution >= 4 is 70.9 Å². The fourth-order valence-electron chi connectivity index (χ4n) is 11.6. The van der Waals surface area contributed by atoms with Crippen molar-refractivity contribution < 1.29 is 235 Å². The fourth-order valence-corrected chi connectivity index (χ4v) is 13.0. The molecule has 0 radical (unpaired) electrons. The molecule has 3 aromatic carbocycles. The number of aliphatic carboxylic acids is 1. The molecule has 4 aromatic rings. The normalized spacial score (nSPS) is 27.0. The van der Waals surface area contributed by atoms with E-state index in [4.69, 9.17) is 41.0 Å². The Balaban J connectivity index is 0.00000268. The summed E-state index contributed by atoms with van der Waals surface area (Å²) in [6.07, 6.45) is -12.0. The zero-order valence-corrected chi connectivity index (χ0v) is 62.2. The molecule has 6 N–H and O–H groups in total. The Bertz CT molecular complexity index is 3410. The number of fused-ring (bicyclic) bond motifs is 1. The van der Waals surface area contributed by atoms with Crippen molar-refractivity contribution in [2.45, 2.75) is 200 Å². The molecule has 1 aromatic heterocycles. The molecule has 36 heteroatoms. The second kappa shape index (κ2) is 39.1. The molecule has 15 atom stereocenters. The van der Waals surface area contributed by atoms with Crippen LogP contribution < -0.4 is 129 Å². The number of hydrogen-bond donors (Lipinski definition) is 6. The van der Waals surface area contributed by atoms with Gasteiger partial charge in [0.1, 0.15) is 62.6 Å². The number of carbonyl (C=O) groups excluding carboxylic acids is 4. The zero-order valence-electron chi connectivity index (χ0n) is 51.8. The summed E-state index contributed by atoms with van der Waals surface area (Å²) in [5.74, 6) is -4.54. The van der Waals surface area contributed by atoms with Crippen LogP contribution in [-0.2, 0) is 86.6 Å². The number of anilines is 1. The molecule has 0 spiro atoms. The quantitative estimate of drug-likeness (QED) is 0.0118. The maximum atomic E-state index is 14.3. The van der Waals surface area contributed by atoms with Crippen LogP contribution in [0.4, 0.5) is 5.69 Å². The van der Waals surface area contributed by atoms with Crippen molar-refractivity contribution in [3.63, 3.8) is 0 Å². The number of carbonyl (C=O) groups is 4. The summed E-state index contributed by atoms with van der Waals surface area (Å²) >= 11 is 0. The number of benzene rings is 3. The summed E-state index contributed by atoms with van der Waals surface area (Å²) in [6, 6.07) is 14.1. The number of ether oxygens (including phenoxy) is 6. The minimum atomic E-state index is -5.33. The van der Waals surface area contributed by atoms with Crippen molar-refractivity contribution in [2.24, 2.45) is 17.8 Å². The average molecular weight is 1390 g/mol. The van der Waals surface area contributed by atoms with Crippen LogP contribution in [0.15, 0.2) is 70.6 Å². The van der Waals surface area contributed by atoms with Gasteiger partial charge < -0.3 is 78.3 Å². The number of carboxylic acid groups (broad SMARTS) is 1. The Morgan fingerprint density at radius 1 is 0.826 bits per heavy atom. The average Bonchev–Trinajstić information content (AvgIpc) is 0.879. The molecule has 29 nitrogen and oxygen atoms in total. The van der Waals surface area contributed by atoms with Crippen LogP contribution in [0, 0.1) is 23.8 Å². The minimum absolute atomic E-state index is 0. The molecule has 4 aliphatic rings. The number of Topliss-reactive ketones (excluding diaryl/α,β-unsaturated/α-hetero) is 1. The fraction of sp³-hybridized carbons (Fsp3) is 0.607. The summed E-state index contributed by atoms with van der Waals surface area (Å²) in [7, 11) is -13.6. The van der Waals surface area contributed by atoms with Crippen LogP contribution in [0.3, 0.4) is 0 Å². The predicted molar refractivity (Wildman–Crippen MR) is 295 cm³/mol. The third-order valence-corrected chi connectivity index (χ3v) is 17.8. The molecule has 2 aliphatic heterocycles. The van der Waals surface area contributed by atoms with Crippen LogP contribution in [0.5, 0.6) is 0 Å². The van der Waals surface area contributed by atoms with Crippen molar-refractivity contribution in [1.29, 1.82) is 0 Å². The molecule has 2 saturated heterocycles. The van der Waals surface area contributed by atoms with Gasteiger partial charge in [-0.05, 0) is 75.5 Å². The number of rotatable bonds is 25. The van der Waals surface area contributed by atoms with Crippen LogP contribution in [-0.4, -0.2) is 189 Å². The largest absolute Gasteiger partial charge is 1.00 e. The van der Waals surface area contributed by atoms with E-state index in [0.717, 1.165) is 44.2 Å². The molecule has 14 unspecified atom stereocenters. The van der Waals surface area contributed by atoms with E-state index in [0.29, 0.717) is 37.4 Å². The van der Waals surface area contributed by atoms with E-state index in [1.807, 2.05) is 6.92 Å². The van der Waals surface area contributed by atoms with E-state index in [2.05, 4.69) is 21.7 Å². The van der Waals surface area contributed by atoms with Gasteiger partial charge in [0.05, 0.1) is 54.8 Å².